The van der Waals surface area contributed by atoms with Gasteiger partial charge in [-0.2, -0.15) is 0 Å². The first-order valence-electron chi connectivity index (χ1n) is 5.82. The van der Waals surface area contributed by atoms with Gasteiger partial charge < -0.3 is 11.1 Å². The van der Waals surface area contributed by atoms with Crippen LogP contribution >= 0.6 is 11.6 Å². The Labute approximate surface area is 107 Å². The summed E-state index contributed by atoms with van der Waals surface area (Å²) < 4.78 is 0. The summed E-state index contributed by atoms with van der Waals surface area (Å²) in [6.07, 6.45) is 2.57. The first-order chi connectivity index (χ1) is 8.17. The van der Waals surface area contributed by atoms with Gasteiger partial charge in [-0.25, -0.2) is 4.98 Å². The lowest BCUT2D eigenvalue weighted by atomic mass is 10.1. The first-order valence-corrected chi connectivity index (χ1v) is 6.20. The minimum atomic E-state index is -0.125. The molecule has 0 aliphatic rings. The van der Waals surface area contributed by atoms with E-state index in [0.717, 1.165) is 25.0 Å². The van der Waals surface area contributed by atoms with Gasteiger partial charge in [-0.3, -0.25) is 4.79 Å². The maximum absolute atomic E-state index is 11.8. The number of carbonyl (C=O) groups is 1. The zero-order chi connectivity index (χ0) is 12.7. The van der Waals surface area contributed by atoms with Crippen LogP contribution in [-0.4, -0.2) is 24.0 Å². The summed E-state index contributed by atoms with van der Waals surface area (Å²) in [5.41, 5.74) is 6.77. The van der Waals surface area contributed by atoms with Crippen LogP contribution in [0.3, 0.4) is 0 Å². The molecule has 0 unspecified atom stereocenters. The van der Waals surface area contributed by atoms with Crippen molar-refractivity contribution in [3.05, 3.63) is 28.5 Å². The molecule has 4 nitrogen and oxygen atoms in total. The van der Waals surface area contributed by atoms with Crippen molar-refractivity contribution in [1.29, 1.82) is 0 Å². The maximum Gasteiger partial charge on any atom is 0.251 e. The van der Waals surface area contributed by atoms with Crippen LogP contribution < -0.4 is 11.1 Å². The monoisotopic (exact) mass is 255 g/mol. The fourth-order valence-corrected chi connectivity index (χ4v) is 1.70. The van der Waals surface area contributed by atoms with Gasteiger partial charge in [0.15, 0.2) is 0 Å². The summed E-state index contributed by atoms with van der Waals surface area (Å²) in [6, 6.07) is 3.37. The number of nitrogens with one attached hydrogen (secondary N) is 1. The SMILES string of the molecule is CCCc1cc(C(=O)NCCCN)cc(Cl)n1. The van der Waals surface area contributed by atoms with Crippen LogP contribution in [0, 0.1) is 0 Å². The van der Waals surface area contributed by atoms with Crippen LogP contribution in [0.5, 0.6) is 0 Å². The van der Waals surface area contributed by atoms with Crippen molar-refractivity contribution in [2.24, 2.45) is 5.73 Å². The number of hydrogen-bond acceptors (Lipinski definition) is 3. The van der Waals surface area contributed by atoms with Crippen LogP contribution in [0.4, 0.5) is 0 Å². The Morgan fingerprint density at radius 1 is 1.53 bits per heavy atom. The van der Waals surface area contributed by atoms with Crippen LogP contribution in [0.2, 0.25) is 5.15 Å². The molecule has 17 heavy (non-hydrogen) atoms. The Morgan fingerprint density at radius 3 is 2.94 bits per heavy atom. The highest BCUT2D eigenvalue weighted by Gasteiger charge is 2.08. The van der Waals surface area contributed by atoms with E-state index < -0.39 is 0 Å². The molecule has 0 spiro atoms. The van der Waals surface area contributed by atoms with Crippen molar-refractivity contribution in [3.63, 3.8) is 0 Å². The topological polar surface area (TPSA) is 68.0 Å². The van der Waals surface area contributed by atoms with Crippen molar-refractivity contribution < 1.29 is 4.79 Å². The molecule has 0 bridgehead atoms. The third kappa shape index (κ3) is 4.71. The van der Waals surface area contributed by atoms with Gasteiger partial charge in [0.05, 0.1) is 0 Å². The first kappa shape index (κ1) is 13.9. The van der Waals surface area contributed by atoms with Gasteiger partial charge in [-0.05, 0) is 31.5 Å². The summed E-state index contributed by atoms with van der Waals surface area (Å²) in [5, 5.41) is 3.15. The maximum atomic E-state index is 11.8. The molecule has 0 aliphatic carbocycles. The van der Waals surface area contributed by atoms with Gasteiger partial charge in [-0.1, -0.05) is 24.9 Å². The molecule has 1 amide bonds. The molecule has 0 saturated heterocycles. The average Bonchev–Trinajstić information content (AvgIpc) is 2.29. The van der Waals surface area contributed by atoms with Crippen molar-refractivity contribution >= 4 is 17.5 Å². The zero-order valence-electron chi connectivity index (χ0n) is 10.0. The largest absolute Gasteiger partial charge is 0.352 e. The minimum Gasteiger partial charge on any atom is -0.352 e. The number of carbonyl (C=O) groups excluding carboxylic acids is 1. The minimum absolute atomic E-state index is 0.125. The summed E-state index contributed by atoms with van der Waals surface area (Å²) >= 11 is 5.88. The normalized spacial score (nSPS) is 10.3. The number of nitrogens with two attached hydrogens (primary N) is 1. The third-order valence-electron chi connectivity index (χ3n) is 2.28. The predicted octanol–water partition coefficient (Wildman–Crippen LogP) is 1.77. The van der Waals surface area contributed by atoms with Crippen molar-refractivity contribution in [2.45, 2.75) is 26.2 Å². The van der Waals surface area contributed by atoms with Crippen LogP contribution in [0.25, 0.3) is 0 Å². The van der Waals surface area contributed by atoms with Crippen molar-refractivity contribution in [3.8, 4) is 0 Å². The molecule has 0 aromatic carbocycles. The second kappa shape index (κ2) is 7.25. The fraction of sp³-hybridized carbons (Fsp3) is 0.500. The average molecular weight is 256 g/mol. The Balaban J connectivity index is 2.71. The molecule has 1 aromatic rings. The Bertz CT molecular complexity index is 382. The fourth-order valence-electron chi connectivity index (χ4n) is 1.47. The molecule has 94 valence electrons. The van der Waals surface area contributed by atoms with E-state index in [1.54, 1.807) is 12.1 Å². The Hall–Kier alpha value is -1.13. The van der Waals surface area contributed by atoms with Crippen LogP contribution in [0.15, 0.2) is 12.1 Å². The highest BCUT2D eigenvalue weighted by Crippen LogP contribution is 2.12. The summed E-state index contributed by atoms with van der Waals surface area (Å²) in [6.45, 7) is 3.21. The molecule has 1 aromatic heterocycles. The molecular formula is C12H18ClN3O. The Morgan fingerprint density at radius 2 is 2.29 bits per heavy atom. The number of aryl methyl sites for hydroxylation is 1. The summed E-state index contributed by atoms with van der Waals surface area (Å²) in [4.78, 5) is 16.0. The smallest absolute Gasteiger partial charge is 0.251 e. The van der Waals surface area contributed by atoms with Gasteiger partial charge in [-0.15, -0.1) is 0 Å². The molecule has 1 heterocycles. The molecule has 0 atom stereocenters. The van der Waals surface area contributed by atoms with E-state index in [1.807, 2.05) is 0 Å². The van der Waals surface area contributed by atoms with E-state index in [2.05, 4.69) is 17.2 Å². The lowest BCUT2D eigenvalue weighted by Gasteiger charge is -2.06. The predicted molar refractivity (Wildman–Crippen MR) is 69.2 cm³/mol. The number of rotatable bonds is 6. The molecule has 0 fully saturated rings. The highest BCUT2D eigenvalue weighted by molar-refractivity contribution is 6.29. The van der Waals surface area contributed by atoms with Gasteiger partial charge in [0.2, 0.25) is 0 Å². The molecule has 3 N–H and O–H groups in total. The number of nitrogens with zero attached hydrogens (tertiary/aromatic N) is 1. The third-order valence-corrected chi connectivity index (χ3v) is 2.48. The van der Waals surface area contributed by atoms with Crippen molar-refractivity contribution in [2.75, 3.05) is 13.1 Å². The second-order valence-electron chi connectivity index (χ2n) is 3.82. The van der Waals surface area contributed by atoms with E-state index in [9.17, 15) is 4.79 Å². The lowest BCUT2D eigenvalue weighted by molar-refractivity contribution is 0.0953. The number of amides is 1. The molecule has 1 rings (SSSR count). The number of hydrogen-bond donors (Lipinski definition) is 2. The van der Waals surface area contributed by atoms with Gasteiger partial charge >= 0.3 is 0 Å². The van der Waals surface area contributed by atoms with Crippen LogP contribution in [-0.2, 0) is 6.42 Å². The van der Waals surface area contributed by atoms with E-state index in [-0.39, 0.29) is 5.91 Å². The van der Waals surface area contributed by atoms with Gasteiger partial charge in [0.1, 0.15) is 5.15 Å². The lowest BCUT2D eigenvalue weighted by Crippen LogP contribution is -2.26. The molecular weight excluding hydrogens is 238 g/mol. The molecule has 0 radical (unpaired) electrons. The standard InChI is InChI=1S/C12H18ClN3O/c1-2-4-10-7-9(8-11(13)16-10)12(17)15-6-3-5-14/h7-8H,2-6,14H2,1H3,(H,15,17). The van der Waals surface area contributed by atoms with E-state index in [4.69, 9.17) is 17.3 Å². The zero-order valence-corrected chi connectivity index (χ0v) is 10.8. The summed E-state index contributed by atoms with van der Waals surface area (Å²) in [5.74, 6) is -0.125. The number of aromatic nitrogens is 1. The van der Waals surface area contributed by atoms with Crippen LogP contribution in [0.1, 0.15) is 35.8 Å². The molecule has 5 heteroatoms. The summed E-state index contributed by atoms with van der Waals surface area (Å²) in [7, 11) is 0. The van der Waals surface area contributed by atoms with E-state index in [0.29, 0.717) is 23.8 Å². The second-order valence-corrected chi connectivity index (χ2v) is 4.21. The van der Waals surface area contributed by atoms with Gasteiger partial charge in [0.25, 0.3) is 5.91 Å². The molecule has 0 saturated carbocycles. The quantitative estimate of drug-likeness (QED) is 0.601. The number of halogens is 1. The van der Waals surface area contributed by atoms with E-state index >= 15 is 0 Å². The Kier molecular flexibility index (Phi) is 5.94. The highest BCUT2D eigenvalue weighted by atomic mass is 35.5. The van der Waals surface area contributed by atoms with Gasteiger partial charge in [0, 0.05) is 17.8 Å². The van der Waals surface area contributed by atoms with E-state index in [1.165, 1.54) is 0 Å². The number of pyridine rings is 1. The molecule has 0 aliphatic heterocycles. The van der Waals surface area contributed by atoms with Crippen molar-refractivity contribution in [1.82, 2.24) is 10.3 Å².